The van der Waals surface area contributed by atoms with Gasteiger partial charge in [0.1, 0.15) is 5.82 Å². The number of nitrogens with zero attached hydrogens (tertiary/aromatic N) is 1. The fourth-order valence-electron chi connectivity index (χ4n) is 3.02. The van der Waals surface area contributed by atoms with Crippen molar-refractivity contribution in [2.24, 2.45) is 5.84 Å². The van der Waals surface area contributed by atoms with Gasteiger partial charge in [0.05, 0.1) is 11.3 Å². The molecule has 0 atom stereocenters. The van der Waals surface area contributed by atoms with Crippen molar-refractivity contribution in [3.63, 3.8) is 0 Å². The maximum absolute atomic E-state index is 13.6. The minimum Gasteiger partial charge on any atom is -0.350 e. The third-order valence-corrected chi connectivity index (χ3v) is 4.46. The van der Waals surface area contributed by atoms with Gasteiger partial charge >= 0.3 is 0 Å². The molecule has 0 spiro atoms. The van der Waals surface area contributed by atoms with E-state index in [4.69, 9.17) is 5.84 Å². The number of hydrazine groups is 1. The van der Waals surface area contributed by atoms with Crippen molar-refractivity contribution in [2.75, 3.05) is 26.1 Å². The number of amides is 1. The molecule has 1 aromatic rings. The number of carbonyl (C=O) groups excluding carboxylic acids is 1. The van der Waals surface area contributed by atoms with Crippen LogP contribution in [0.4, 0.5) is 10.1 Å². The number of nitrogens with two attached hydrogens (primary N) is 1. The lowest BCUT2D eigenvalue weighted by Crippen LogP contribution is -2.50. The van der Waals surface area contributed by atoms with Crippen molar-refractivity contribution in [3.05, 3.63) is 29.6 Å². The summed E-state index contributed by atoms with van der Waals surface area (Å²) in [5.74, 6) is 4.46. The van der Waals surface area contributed by atoms with Gasteiger partial charge in [0, 0.05) is 12.1 Å². The number of halogens is 1. The molecule has 0 aromatic heterocycles. The van der Waals surface area contributed by atoms with E-state index in [-0.39, 0.29) is 22.7 Å². The van der Waals surface area contributed by atoms with Crippen LogP contribution in [-0.2, 0) is 0 Å². The fraction of sp³-hybridized carbons (Fsp3) is 0.533. The minimum absolute atomic E-state index is 0.000703. The Kier molecular flexibility index (Phi) is 4.80. The molecule has 1 amide bonds. The first kappa shape index (κ1) is 15.7. The topological polar surface area (TPSA) is 70.4 Å². The Bertz CT molecular complexity index is 512. The van der Waals surface area contributed by atoms with Crippen molar-refractivity contribution in [1.82, 2.24) is 10.2 Å². The molecule has 6 heteroatoms. The summed E-state index contributed by atoms with van der Waals surface area (Å²) in [4.78, 5) is 14.5. The first-order valence-electron chi connectivity index (χ1n) is 7.21. The van der Waals surface area contributed by atoms with Crippen LogP contribution in [-0.4, -0.2) is 37.0 Å². The molecule has 0 aliphatic heterocycles. The van der Waals surface area contributed by atoms with Crippen molar-refractivity contribution < 1.29 is 9.18 Å². The average Bonchev–Trinajstić information content (AvgIpc) is 2.94. The van der Waals surface area contributed by atoms with Crippen LogP contribution < -0.4 is 16.6 Å². The number of nitrogens with one attached hydrogen (secondary N) is 2. The summed E-state index contributed by atoms with van der Waals surface area (Å²) in [6.07, 6.45) is 4.46. The summed E-state index contributed by atoms with van der Waals surface area (Å²) in [6, 6.07) is 4.33. The van der Waals surface area contributed by atoms with Crippen LogP contribution in [0.25, 0.3) is 0 Å². The Hall–Kier alpha value is -1.66. The number of likely N-dealkylation sites (N-methyl/N-ethyl adjacent to an activating group) is 1. The highest BCUT2D eigenvalue weighted by molar-refractivity contribution is 5.99. The monoisotopic (exact) mass is 294 g/mol. The number of hydrogen-bond acceptors (Lipinski definition) is 4. The Balaban J connectivity index is 2.10. The highest BCUT2D eigenvalue weighted by Gasteiger charge is 2.36. The molecule has 1 aromatic carbocycles. The summed E-state index contributed by atoms with van der Waals surface area (Å²) in [5, 5.41) is 2.92. The standard InChI is InChI=1S/C15H23FN4O/c1-20(2)15(8-3-4-9-15)10-18-14(21)11-6-5-7-12(16)13(11)19-17/h5-7,19H,3-4,8-10,17H2,1-2H3,(H,18,21). The summed E-state index contributed by atoms with van der Waals surface area (Å²) < 4.78 is 13.6. The number of nitrogen functional groups attached to an aromatic ring is 1. The molecule has 0 radical (unpaired) electrons. The van der Waals surface area contributed by atoms with Gasteiger partial charge in [-0.25, -0.2) is 4.39 Å². The van der Waals surface area contributed by atoms with E-state index >= 15 is 0 Å². The normalized spacial score (nSPS) is 17.0. The van der Waals surface area contributed by atoms with Gasteiger partial charge in [-0.05, 0) is 39.1 Å². The zero-order valence-electron chi connectivity index (χ0n) is 12.6. The molecule has 2 rings (SSSR count). The van der Waals surface area contributed by atoms with Gasteiger partial charge in [0.15, 0.2) is 0 Å². The first-order chi connectivity index (χ1) is 10.00. The number of para-hydroxylation sites is 1. The molecule has 0 saturated heterocycles. The van der Waals surface area contributed by atoms with Crippen molar-refractivity contribution in [1.29, 1.82) is 0 Å². The Morgan fingerprint density at radius 3 is 2.62 bits per heavy atom. The predicted molar refractivity (Wildman–Crippen MR) is 81.4 cm³/mol. The molecule has 4 N–H and O–H groups in total. The summed E-state index contributed by atoms with van der Waals surface area (Å²) in [5.41, 5.74) is 2.51. The largest absolute Gasteiger partial charge is 0.350 e. The van der Waals surface area contributed by atoms with Crippen molar-refractivity contribution in [2.45, 2.75) is 31.2 Å². The molecule has 1 aliphatic carbocycles. The van der Waals surface area contributed by atoms with Gasteiger partial charge in [-0.15, -0.1) is 0 Å². The lowest BCUT2D eigenvalue weighted by molar-refractivity contribution is 0.0900. The Morgan fingerprint density at radius 1 is 1.38 bits per heavy atom. The van der Waals surface area contributed by atoms with E-state index < -0.39 is 5.82 Å². The number of benzene rings is 1. The van der Waals surface area contributed by atoms with Crippen LogP contribution in [0.5, 0.6) is 0 Å². The van der Waals surface area contributed by atoms with E-state index in [1.807, 2.05) is 14.1 Å². The highest BCUT2D eigenvalue weighted by Crippen LogP contribution is 2.33. The van der Waals surface area contributed by atoms with Gasteiger partial charge in [0.25, 0.3) is 5.91 Å². The Morgan fingerprint density at radius 2 is 2.05 bits per heavy atom. The van der Waals surface area contributed by atoms with Crippen molar-refractivity contribution >= 4 is 11.6 Å². The number of carbonyl (C=O) groups is 1. The minimum atomic E-state index is -0.534. The van der Waals surface area contributed by atoms with E-state index in [1.54, 1.807) is 6.07 Å². The molecule has 1 fully saturated rings. The maximum Gasteiger partial charge on any atom is 0.253 e. The summed E-state index contributed by atoms with van der Waals surface area (Å²) in [7, 11) is 4.07. The lowest BCUT2D eigenvalue weighted by Gasteiger charge is -2.36. The molecule has 0 unspecified atom stereocenters. The van der Waals surface area contributed by atoms with Gasteiger partial charge in [-0.2, -0.15) is 0 Å². The summed E-state index contributed by atoms with van der Waals surface area (Å²) in [6.45, 7) is 0.555. The third kappa shape index (κ3) is 3.16. The van der Waals surface area contributed by atoms with E-state index in [0.717, 1.165) is 12.8 Å². The smallest absolute Gasteiger partial charge is 0.253 e. The van der Waals surface area contributed by atoms with Crippen LogP contribution in [0.3, 0.4) is 0 Å². The molecule has 116 valence electrons. The Labute approximate surface area is 124 Å². The zero-order valence-corrected chi connectivity index (χ0v) is 12.6. The van der Waals surface area contributed by atoms with Gasteiger partial charge < -0.3 is 15.6 Å². The second kappa shape index (κ2) is 6.41. The van der Waals surface area contributed by atoms with Crippen molar-refractivity contribution in [3.8, 4) is 0 Å². The maximum atomic E-state index is 13.6. The van der Waals surface area contributed by atoms with Crippen LogP contribution in [0.15, 0.2) is 18.2 Å². The second-order valence-electron chi connectivity index (χ2n) is 5.82. The highest BCUT2D eigenvalue weighted by atomic mass is 19.1. The van der Waals surface area contributed by atoms with Crippen LogP contribution in [0.1, 0.15) is 36.0 Å². The number of anilines is 1. The van der Waals surface area contributed by atoms with E-state index in [2.05, 4.69) is 15.6 Å². The summed E-state index contributed by atoms with van der Waals surface area (Å²) >= 11 is 0. The molecule has 0 bridgehead atoms. The van der Waals surface area contributed by atoms with Gasteiger partial charge in [0.2, 0.25) is 0 Å². The average molecular weight is 294 g/mol. The molecule has 5 nitrogen and oxygen atoms in total. The first-order valence-corrected chi connectivity index (χ1v) is 7.21. The molecule has 1 saturated carbocycles. The zero-order chi connectivity index (χ0) is 15.5. The number of rotatable bonds is 5. The van der Waals surface area contributed by atoms with E-state index in [1.165, 1.54) is 25.0 Å². The molecular formula is C15H23FN4O. The molecule has 1 aliphatic rings. The third-order valence-electron chi connectivity index (χ3n) is 4.46. The quantitative estimate of drug-likeness (QED) is 0.571. The van der Waals surface area contributed by atoms with Gasteiger partial charge in [-0.1, -0.05) is 18.9 Å². The molecular weight excluding hydrogens is 271 g/mol. The van der Waals surface area contributed by atoms with Gasteiger partial charge in [-0.3, -0.25) is 10.6 Å². The number of hydrogen-bond donors (Lipinski definition) is 3. The van der Waals surface area contributed by atoms with E-state index in [9.17, 15) is 9.18 Å². The lowest BCUT2D eigenvalue weighted by atomic mass is 9.96. The molecule has 0 heterocycles. The van der Waals surface area contributed by atoms with Crippen LogP contribution in [0.2, 0.25) is 0 Å². The SMILES string of the molecule is CN(C)C1(CNC(=O)c2cccc(F)c2NN)CCCC1. The predicted octanol–water partition coefficient (Wildman–Crippen LogP) is 1.72. The molecule has 21 heavy (non-hydrogen) atoms. The van der Waals surface area contributed by atoms with E-state index in [0.29, 0.717) is 6.54 Å². The second-order valence-corrected chi connectivity index (χ2v) is 5.82. The van der Waals surface area contributed by atoms with Crippen LogP contribution >= 0.6 is 0 Å². The fourth-order valence-corrected chi connectivity index (χ4v) is 3.02. The van der Waals surface area contributed by atoms with Crippen LogP contribution in [0, 0.1) is 5.82 Å².